The minimum absolute atomic E-state index is 0.0127. The van der Waals surface area contributed by atoms with Crippen LogP contribution < -0.4 is 10.0 Å². The monoisotopic (exact) mass is 352 g/mol. The van der Waals surface area contributed by atoms with Crippen LogP contribution in [-0.2, 0) is 19.9 Å². The van der Waals surface area contributed by atoms with Crippen molar-refractivity contribution in [2.75, 3.05) is 11.5 Å². The number of amides is 2. The van der Waals surface area contributed by atoms with Crippen molar-refractivity contribution in [1.29, 1.82) is 0 Å². The zero-order valence-corrected chi connectivity index (χ0v) is 13.1. The first-order chi connectivity index (χ1) is 9.70. The molecule has 116 valence electrons. The first-order valence-electron chi connectivity index (χ1n) is 5.98. The zero-order valence-electron chi connectivity index (χ0n) is 10.7. The van der Waals surface area contributed by atoms with E-state index in [1.165, 1.54) is 18.2 Å². The molecule has 1 fully saturated rings. The molecule has 0 saturated carbocycles. The highest BCUT2D eigenvalue weighted by atomic mass is 35.5. The molecule has 7 nitrogen and oxygen atoms in total. The number of urea groups is 1. The third kappa shape index (κ3) is 4.08. The van der Waals surface area contributed by atoms with E-state index in [9.17, 15) is 21.6 Å². The minimum Gasteiger partial charge on any atom is -0.334 e. The summed E-state index contributed by atoms with van der Waals surface area (Å²) in [5.74, 6) is -0.207. The first kappa shape index (κ1) is 16.1. The Labute approximate surface area is 127 Å². The van der Waals surface area contributed by atoms with Crippen LogP contribution in [0.1, 0.15) is 6.42 Å². The molecule has 1 aliphatic heterocycles. The van der Waals surface area contributed by atoms with Gasteiger partial charge in [-0.05, 0) is 18.6 Å². The van der Waals surface area contributed by atoms with Gasteiger partial charge in [-0.1, -0.05) is 23.7 Å². The molecule has 0 aromatic heterocycles. The van der Waals surface area contributed by atoms with E-state index in [0.717, 1.165) is 0 Å². The van der Waals surface area contributed by atoms with E-state index in [1.807, 2.05) is 4.72 Å². The van der Waals surface area contributed by atoms with Crippen LogP contribution in [0.5, 0.6) is 0 Å². The summed E-state index contributed by atoms with van der Waals surface area (Å²) < 4.78 is 48.3. The number of nitrogens with one attached hydrogen (secondary N) is 2. The average molecular weight is 353 g/mol. The Morgan fingerprint density at radius 3 is 2.52 bits per heavy atom. The van der Waals surface area contributed by atoms with Gasteiger partial charge in [0.05, 0.1) is 16.5 Å². The number of hydrogen-bond acceptors (Lipinski definition) is 5. The quantitative estimate of drug-likeness (QED) is 0.824. The lowest BCUT2D eigenvalue weighted by Crippen LogP contribution is -2.44. The molecule has 2 amide bonds. The predicted molar refractivity (Wildman–Crippen MR) is 77.4 cm³/mol. The van der Waals surface area contributed by atoms with Gasteiger partial charge in [-0.3, -0.25) is 0 Å². The topological polar surface area (TPSA) is 109 Å². The number of carbonyl (C=O) groups excluding carboxylic acids is 1. The normalized spacial score (nSPS) is 20.9. The van der Waals surface area contributed by atoms with Gasteiger partial charge in [0.1, 0.15) is 4.90 Å². The Bertz CT molecular complexity index is 761. The molecule has 0 unspecified atom stereocenters. The number of sulfone groups is 1. The molecule has 1 heterocycles. The predicted octanol–water partition coefficient (Wildman–Crippen LogP) is 0.515. The molecule has 0 spiro atoms. The van der Waals surface area contributed by atoms with Crippen molar-refractivity contribution in [3.05, 3.63) is 29.3 Å². The Kier molecular flexibility index (Phi) is 4.45. The highest BCUT2D eigenvalue weighted by Crippen LogP contribution is 2.20. The third-order valence-electron chi connectivity index (χ3n) is 2.92. The van der Waals surface area contributed by atoms with Crippen LogP contribution in [0.2, 0.25) is 5.02 Å². The first-order valence-corrected chi connectivity index (χ1v) is 9.66. The molecule has 0 radical (unpaired) electrons. The summed E-state index contributed by atoms with van der Waals surface area (Å²) in [6, 6.07) is 4.12. The van der Waals surface area contributed by atoms with Crippen LogP contribution in [0.15, 0.2) is 29.2 Å². The zero-order chi connectivity index (χ0) is 15.7. The molecule has 1 atom stereocenters. The molecule has 21 heavy (non-hydrogen) atoms. The number of rotatable bonds is 3. The molecule has 10 heteroatoms. The van der Waals surface area contributed by atoms with E-state index in [1.54, 1.807) is 6.07 Å². The van der Waals surface area contributed by atoms with Gasteiger partial charge < -0.3 is 5.32 Å². The molecule has 1 aromatic rings. The van der Waals surface area contributed by atoms with Crippen LogP contribution >= 0.6 is 11.6 Å². The van der Waals surface area contributed by atoms with Crippen LogP contribution in [0, 0.1) is 0 Å². The fraction of sp³-hybridized carbons (Fsp3) is 0.364. The van der Waals surface area contributed by atoms with E-state index in [2.05, 4.69) is 5.32 Å². The van der Waals surface area contributed by atoms with Crippen LogP contribution in [0.3, 0.4) is 0 Å². The van der Waals surface area contributed by atoms with Crippen LogP contribution in [-0.4, -0.2) is 40.4 Å². The summed E-state index contributed by atoms with van der Waals surface area (Å²) in [4.78, 5) is 11.4. The smallest absolute Gasteiger partial charge is 0.328 e. The molecule has 1 aliphatic rings. The standard InChI is InChI=1S/C11H13ClN2O5S2/c12-9-3-1-2-4-10(9)21(18,19)14-11(15)13-8-5-6-20(16,17)7-8/h1-4,8H,5-7H2,(H2,13,14,15)/t8-/m1/s1. The summed E-state index contributed by atoms with van der Waals surface area (Å²) in [6.07, 6.45) is 0.266. The van der Waals surface area contributed by atoms with Gasteiger partial charge in [0.2, 0.25) is 0 Å². The van der Waals surface area contributed by atoms with Crippen molar-refractivity contribution >= 4 is 37.5 Å². The fourth-order valence-electron chi connectivity index (χ4n) is 1.96. The number of sulfonamides is 1. The lowest BCUT2D eigenvalue weighted by molar-refractivity contribution is 0.243. The van der Waals surface area contributed by atoms with Gasteiger partial charge in [0.25, 0.3) is 10.0 Å². The van der Waals surface area contributed by atoms with Crippen molar-refractivity contribution in [2.24, 2.45) is 0 Å². The Morgan fingerprint density at radius 1 is 1.29 bits per heavy atom. The second-order valence-electron chi connectivity index (χ2n) is 4.61. The Hall–Kier alpha value is -1.32. The largest absolute Gasteiger partial charge is 0.334 e. The molecular weight excluding hydrogens is 340 g/mol. The SMILES string of the molecule is O=C(N[C@@H]1CCS(=O)(=O)C1)NS(=O)(=O)c1ccccc1Cl. The summed E-state index contributed by atoms with van der Waals surface area (Å²) >= 11 is 5.77. The van der Waals surface area contributed by atoms with Gasteiger partial charge in [-0.25, -0.2) is 26.4 Å². The summed E-state index contributed by atoms with van der Waals surface area (Å²) in [5.41, 5.74) is 0. The third-order valence-corrected chi connectivity index (χ3v) is 6.52. The number of carbonyl (C=O) groups is 1. The van der Waals surface area contributed by atoms with Gasteiger partial charge in [0, 0.05) is 6.04 Å². The summed E-state index contributed by atoms with van der Waals surface area (Å²) in [6.45, 7) is 0. The van der Waals surface area contributed by atoms with E-state index in [-0.39, 0.29) is 27.8 Å². The van der Waals surface area contributed by atoms with Gasteiger partial charge in [0.15, 0.2) is 9.84 Å². The Balaban J connectivity index is 2.04. The van der Waals surface area contributed by atoms with Crippen LogP contribution in [0.25, 0.3) is 0 Å². The lowest BCUT2D eigenvalue weighted by Gasteiger charge is -2.12. The highest BCUT2D eigenvalue weighted by molar-refractivity contribution is 7.91. The molecule has 0 bridgehead atoms. The molecule has 1 saturated heterocycles. The summed E-state index contributed by atoms with van der Waals surface area (Å²) in [5, 5.41) is 2.32. The van der Waals surface area contributed by atoms with Gasteiger partial charge in [-0.2, -0.15) is 0 Å². The van der Waals surface area contributed by atoms with E-state index in [0.29, 0.717) is 0 Å². The van der Waals surface area contributed by atoms with Crippen LogP contribution in [0.4, 0.5) is 4.79 Å². The number of hydrogen-bond donors (Lipinski definition) is 2. The lowest BCUT2D eigenvalue weighted by atomic mass is 10.3. The van der Waals surface area contributed by atoms with E-state index in [4.69, 9.17) is 11.6 Å². The molecule has 0 aliphatic carbocycles. The highest BCUT2D eigenvalue weighted by Gasteiger charge is 2.30. The molecule has 1 aromatic carbocycles. The van der Waals surface area contributed by atoms with E-state index < -0.39 is 31.9 Å². The van der Waals surface area contributed by atoms with Gasteiger partial charge >= 0.3 is 6.03 Å². The average Bonchev–Trinajstić information content (AvgIpc) is 2.67. The second kappa shape index (κ2) is 5.82. The fourth-order valence-corrected chi connectivity index (χ4v) is 5.07. The number of benzene rings is 1. The second-order valence-corrected chi connectivity index (χ2v) is 8.90. The summed E-state index contributed by atoms with van der Waals surface area (Å²) in [7, 11) is -7.26. The molecule has 2 N–H and O–H groups in total. The minimum atomic E-state index is -4.10. The molecular formula is C11H13ClN2O5S2. The Morgan fingerprint density at radius 2 is 1.95 bits per heavy atom. The molecule has 2 rings (SSSR count). The van der Waals surface area contributed by atoms with Crippen molar-refractivity contribution in [1.82, 2.24) is 10.0 Å². The van der Waals surface area contributed by atoms with E-state index >= 15 is 0 Å². The maximum absolute atomic E-state index is 12.0. The van der Waals surface area contributed by atoms with Crippen molar-refractivity contribution in [2.45, 2.75) is 17.4 Å². The van der Waals surface area contributed by atoms with Crippen molar-refractivity contribution in [3.63, 3.8) is 0 Å². The van der Waals surface area contributed by atoms with Crippen molar-refractivity contribution < 1.29 is 21.6 Å². The van der Waals surface area contributed by atoms with Crippen molar-refractivity contribution in [3.8, 4) is 0 Å². The maximum Gasteiger partial charge on any atom is 0.328 e. The number of halogens is 1. The van der Waals surface area contributed by atoms with Gasteiger partial charge in [-0.15, -0.1) is 0 Å². The maximum atomic E-state index is 12.0.